The van der Waals surface area contributed by atoms with Crippen molar-refractivity contribution in [1.29, 1.82) is 0 Å². The van der Waals surface area contributed by atoms with Crippen molar-refractivity contribution in [2.24, 2.45) is 0 Å². The van der Waals surface area contributed by atoms with Crippen LogP contribution in [0.1, 0.15) is 36.0 Å². The fraction of sp³-hybridized carbons (Fsp3) is 0.471. The summed E-state index contributed by atoms with van der Waals surface area (Å²) in [5, 5.41) is 0.832. The molecule has 0 amide bonds. The van der Waals surface area contributed by atoms with Gasteiger partial charge in [0.2, 0.25) is 0 Å². The van der Waals surface area contributed by atoms with Gasteiger partial charge in [-0.1, -0.05) is 18.2 Å². The number of furan rings is 1. The van der Waals surface area contributed by atoms with Crippen LogP contribution in [0.15, 0.2) is 34.9 Å². The number of para-hydroxylation sites is 1. The van der Waals surface area contributed by atoms with Gasteiger partial charge in [-0.05, 0) is 26.0 Å². The quantitative estimate of drug-likeness (QED) is 0.795. The van der Waals surface area contributed by atoms with Crippen LogP contribution >= 0.6 is 0 Å². The highest BCUT2D eigenvalue weighted by Crippen LogP contribution is 2.36. The molecule has 110 valence electrons. The van der Waals surface area contributed by atoms with E-state index in [-0.39, 0.29) is 12.1 Å². The standard InChI is InChI=1S/C17H19NO3/c1-18-11-6-7-12(18)9-13(8-11)21-17(19)15-10-20-16-5-3-2-4-14(15)16/h2-5,10-13H,6-9H2,1H3. The number of esters is 1. The van der Waals surface area contributed by atoms with Crippen molar-refractivity contribution >= 4 is 16.9 Å². The third-order valence-corrected chi connectivity index (χ3v) is 5.03. The number of ether oxygens (including phenoxy) is 1. The monoisotopic (exact) mass is 285 g/mol. The van der Waals surface area contributed by atoms with E-state index in [1.54, 1.807) is 0 Å². The molecule has 3 heterocycles. The summed E-state index contributed by atoms with van der Waals surface area (Å²) in [5.41, 5.74) is 1.27. The number of hydrogen-bond acceptors (Lipinski definition) is 4. The average molecular weight is 285 g/mol. The van der Waals surface area contributed by atoms with Crippen molar-refractivity contribution < 1.29 is 13.9 Å². The van der Waals surface area contributed by atoms with Crippen LogP contribution in [0.4, 0.5) is 0 Å². The second kappa shape index (κ2) is 4.88. The van der Waals surface area contributed by atoms with Gasteiger partial charge in [0.05, 0.1) is 0 Å². The molecule has 1 aromatic heterocycles. The van der Waals surface area contributed by atoms with Crippen LogP contribution < -0.4 is 0 Å². The normalized spacial score (nSPS) is 28.9. The Morgan fingerprint density at radius 2 is 1.95 bits per heavy atom. The van der Waals surface area contributed by atoms with Crippen LogP contribution in [0.2, 0.25) is 0 Å². The number of carbonyl (C=O) groups excluding carboxylic acids is 1. The molecule has 0 radical (unpaired) electrons. The maximum Gasteiger partial charge on any atom is 0.342 e. The van der Waals surface area contributed by atoms with Gasteiger partial charge in [-0.25, -0.2) is 4.79 Å². The van der Waals surface area contributed by atoms with Crippen LogP contribution in [0, 0.1) is 0 Å². The number of fused-ring (bicyclic) bond motifs is 3. The molecular formula is C17H19NO3. The predicted molar refractivity (Wildman–Crippen MR) is 79.2 cm³/mol. The van der Waals surface area contributed by atoms with Gasteiger partial charge in [-0.2, -0.15) is 0 Å². The summed E-state index contributed by atoms with van der Waals surface area (Å²) in [6.07, 6.45) is 5.91. The Hall–Kier alpha value is -1.81. The maximum atomic E-state index is 12.4. The van der Waals surface area contributed by atoms with Crippen molar-refractivity contribution in [3.05, 3.63) is 36.1 Å². The molecule has 0 N–H and O–H groups in total. The highest BCUT2D eigenvalue weighted by molar-refractivity contribution is 6.03. The van der Waals surface area contributed by atoms with Gasteiger partial charge in [0.25, 0.3) is 0 Å². The first-order valence-corrected chi connectivity index (χ1v) is 7.61. The Kier molecular flexibility index (Phi) is 3.00. The van der Waals surface area contributed by atoms with Crippen molar-refractivity contribution in [2.45, 2.75) is 43.9 Å². The lowest BCUT2D eigenvalue weighted by Gasteiger charge is -2.35. The Labute approximate surface area is 123 Å². The van der Waals surface area contributed by atoms with Crippen molar-refractivity contribution in [2.75, 3.05) is 7.05 Å². The summed E-state index contributed by atoms with van der Waals surface area (Å²) >= 11 is 0. The molecule has 2 aliphatic heterocycles. The highest BCUT2D eigenvalue weighted by Gasteiger charge is 2.40. The smallest absolute Gasteiger partial charge is 0.342 e. The van der Waals surface area contributed by atoms with E-state index in [0.717, 1.165) is 23.8 Å². The minimum Gasteiger partial charge on any atom is -0.463 e. The number of hydrogen-bond donors (Lipinski definition) is 0. The van der Waals surface area contributed by atoms with Crippen molar-refractivity contribution in [3.63, 3.8) is 0 Å². The topological polar surface area (TPSA) is 42.7 Å². The van der Waals surface area contributed by atoms with Crippen LogP contribution in [-0.4, -0.2) is 36.1 Å². The number of nitrogens with zero attached hydrogens (tertiary/aromatic N) is 1. The van der Waals surface area contributed by atoms with E-state index in [1.165, 1.54) is 19.1 Å². The maximum absolute atomic E-state index is 12.4. The molecular weight excluding hydrogens is 266 g/mol. The minimum absolute atomic E-state index is 0.0415. The molecule has 2 bridgehead atoms. The molecule has 4 nitrogen and oxygen atoms in total. The summed E-state index contributed by atoms with van der Waals surface area (Å²) in [4.78, 5) is 14.8. The number of benzene rings is 1. The van der Waals surface area contributed by atoms with Crippen LogP contribution in [-0.2, 0) is 4.74 Å². The minimum atomic E-state index is -0.256. The Morgan fingerprint density at radius 1 is 1.24 bits per heavy atom. The summed E-state index contributed by atoms with van der Waals surface area (Å²) in [6.45, 7) is 0. The predicted octanol–water partition coefficient (Wildman–Crippen LogP) is 3.21. The molecule has 2 fully saturated rings. The third-order valence-electron chi connectivity index (χ3n) is 5.03. The fourth-order valence-corrected chi connectivity index (χ4v) is 3.81. The molecule has 2 atom stereocenters. The number of piperidine rings is 1. The lowest BCUT2D eigenvalue weighted by Crippen LogP contribution is -2.43. The van der Waals surface area contributed by atoms with Crippen LogP contribution in [0.25, 0.3) is 11.0 Å². The molecule has 0 aliphatic carbocycles. The van der Waals surface area contributed by atoms with Crippen LogP contribution in [0.5, 0.6) is 0 Å². The number of rotatable bonds is 2. The molecule has 4 rings (SSSR count). The van der Waals surface area contributed by atoms with Gasteiger partial charge in [-0.15, -0.1) is 0 Å². The summed E-state index contributed by atoms with van der Waals surface area (Å²) in [5.74, 6) is -0.256. The summed E-state index contributed by atoms with van der Waals surface area (Å²) in [7, 11) is 2.18. The van der Waals surface area contributed by atoms with Gasteiger partial charge in [0.15, 0.2) is 0 Å². The van der Waals surface area contributed by atoms with Gasteiger partial charge in [0.1, 0.15) is 23.5 Å². The molecule has 0 spiro atoms. The van der Waals surface area contributed by atoms with Crippen LogP contribution in [0.3, 0.4) is 0 Å². The van der Waals surface area contributed by atoms with E-state index in [2.05, 4.69) is 11.9 Å². The summed E-state index contributed by atoms with van der Waals surface area (Å²) < 4.78 is 11.2. The lowest BCUT2D eigenvalue weighted by atomic mass is 10.0. The SMILES string of the molecule is CN1C2CCC1CC(OC(=O)c1coc3ccccc13)C2. The molecule has 2 aliphatic rings. The molecule has 4 heteroatoms. The van der Waals surface area contributed by atoms with E-state index in [0.29, 0.717) is 17.6 Å². The highest BCUT2D eigenvalue weighted by atomic mass is 16.5. The first-order chi connectivity index (χ1) is 10.2. The van der Waals surface area contributed by atoms with Gasteiger partial charge >= 0.3 is 5.97 Å². The zero-order chi connectivity index (χ0) is 14.4. The van der Waals surface area contributed by atoms with E-state index < -0.39 is 0 Å². The number of carbonyl (C=O) groups is 1. The van der Waals surface area contributed by atoms with E-state index in [1.807, 2.05) is 24.3 Å². The van der Waals surface area contributed by atoms with Crippen molar-refractivity contribution in [3.8, 4) is 0 Å². The zero-order valence-corrected chi connectivity index (χ0v) is 12.1. The van der Waals surface area contributed by atoms with E-state index in [9.17, 15) is 4.79 Å². The molecule has 21 heavy (non-hydrogen) atoms. The molecule has 0 saturated carbocycles. The first kappa shape index (κ1) is 12.9. The van der Waals surface area contributed by atoms with Gasteiger partial charge in [-0.3, -0.25) is 0 Å². The largest absolute Gasteiger partial charge is 0.463 e. The van der Waals surface area contributed by atoms with Gasteiger partial charge < -0.3 is 14.1 Å². The third kappa shape index (κ3) is 2.14. The van der Waals surface area contributed by atoms with E-state index in [4.69, 9.17) is 9.15 Å². The molecule has 1 aromatic carbocycles. The molecule has 2 unspecified atom stereocenters. The Morgan fingerprint density at radius 3 is 2.71 bits per heavy atom. The molecule has 2 saturated heterocycles. The second-order valence-corrected chi connectivity index (χ2v) is 6.19. The van der Waals surface area contributed by atoms with E-state index >= 15 is 0 Å². The Bertz CT molecular complexity index is 663. The average Bonchev–Trinajstić information content (AvgIpc) is 2.98. The zero-order valence-electron chi connectivity index (χ0n) is 12.1. The summed E-state index contributed by atoms with van der Waals surface area (Å²) in [6, 6.07) is 8.71. The lowest BCUT2D eigenvalue weighted by molar-refractivity contribution is -0.000340. The fourth-order valence-electron chi connectivity index (χ4n) is 3.81. The second-order valence-electron chi connectivity index (χ2n) is 6.19. The molecule has 2 aromatic rings. The Balaban J connectivity index is 1.51. The first-order valence-electron chi connectivity index (χ1n) is 7.61. The van der Waals surface area contributed by atoms with Gasteiger partial charge in [0, 0.05) is 30.3 Å². The van der Waals surface area contributed by atoms with Crippen molar-refractivity contribution in [1.82, 2.24) is 4.90 Å².